The zero-order valence-corrected chi connectivity index (χ0v) is 16.2. The van der Waals surface area contributed by atoms with Gasteiger partial charge in [-0.15, -0.1) is 0 Å². The second-order valence-corrected chi connectivity index (χ2v) is 6.82. The quantitative estimate of drug-likeness (QED) is 0.596. The Balaban J connectivity index is 1.47. The monoisotopic (exact) mass is 389 g/mol. The molecule has 0 aliphatic carbocycles. The van der Waals surface area contributed by atoms with Crippen LogP contribution in [-0.4, -0.2) is 30.1 Å². The summed E-state index contributed by atoms with van der Waals surface area (Å²) in [5.41, 5.74) is 3.35. The molecule has 0 aromatic heterocycles. The number of aromatic hydroxyl groups is 1. The zero-order valence-electron chi connectivity index (χ0n) is 16.2. The highest BCUT2D eigenvalue weighted by molar-refractivity contribution is 5.91. The lowest BCUT2D eigenvalue weighted by Gasteiger charge is -2.13. The van der Waals surface area contributed by atoms with E-state index in [0.29, 0.717) is 12.1 Å². The van der Waals surface area contributed by atoms with Crippen molar-refractivity contribution in [3.8, 4) is 16.9 Å². The van der Waals surface area contributed by atoms with Gasteiger partial charge in [-0.3, -0.25) is 4.79 Å². The van der Waals surface area contributed by atoms with E-state index in [4.69, 9.17) is 4.74 Å². The molecule has 3 aromatic rings. The van der Waals surface area contributed by atoms with Crippen molar-refractivity contribution in [2.75, 3.05) is 13.2 Å². The van der Waals surface area contributed by atoms with Gasteiger partial charge in [-0.05, 0) is 46.9 Å². The summed E-state index contributed by atoms with van der Waals surface area (Å²) < 4.78 is 5.11. The Labute approximate surface area is 170 Å². The Morgan fingerprint density at radius 3 is 2.10 bits per heavy atom. The molecule has 0 fully saturated rings. The third kappa shape index (κ3) is 5.69. The molecule has 1 atom stereocenters. The van der Waals surface area contributed by atoms with E-state index in [1.165, 1.54) is 0 Å². The maximum Gasteiger partial charge on any atom is 0.338 e. The van der Waals surface area contributed by atoms with Crippen LogP contribution in [0.3, 0.4) is 0 Å². The van der Waals surface area contributed by atoms with Crippen molar-refractivity contribution in [3.63, 3.8) is 0 Å². The maximum atomic E-state index is 12.2. The van der Waals surface area contributed by atoms with Gasteiger partial charge in [0.15, 0.2) is 6.61 Å². The average Bonchev–Trinajstić information content (AvgIpc) is 2.77. The van der Waals surface area contributed by atoms with E-state index in [1.54, 1.807) is 48.5 Å². The van der Waals surface area contributed by atoms with Crippen LogP contribution >= 0.6 is 0 Å². The summed E-state index contributed by atoms with van der Waals surface area (Å²) in [7, 11) is 0. The largest absolute Gasteiger partial charge is 0.508 e. The lowest BCUT2D eigenvalue weighted by atomic mass is 10.0. The molecule has 3 rings (SSSR count). The first-order chi connectivity index (χ1) is 14.0. The molecule has 0 heterocycles. The smallest absolute Gasteiger partial charge is 0.338 e. The summed E-state index contributed by atoms with van der Waals surface area (Å²) in [5, 5.41) is 12.1. The van der Waals surface area contributed by atoms with E-state index in [0.717, 1.165) is 16.7 Å². The highest BCUT2D eigenvalue weighted by Gasteiger charge is 2.12. The van der Waals surface area contributed by atoms with Gasteiger partial charge in [0, 0.05) is 6.54 Å². The van der Waals surface area contributed by atoms with Crippen LogP contribution in [0.4, 0.5) is 0 Å². The number of hydrogen-bond acceptors (Lipinski definition) is 4. The van der Waals surface area contributed by atoms with Gasteiger partial charge in [0.05, 0.1) is 5.56 Å². The van der Waals surface area contributed by atoms with Gasteiger partial charge in [-0.25, -0.2) is 4.79 Å². The fourth-order valence-corrected chi connectivity index (χ4v) is 2.88. The van der Waals surface area contributed by atoms with E-state index < -0.39 is 5.97 Å². The molecule has 5 nitrogen and oxygen atoms in total. The minimum Gasteiger partial charge on any atom is -0.508 e. The van der Waals surface area contributed by atoms with Crippen LogP contribution in [-0.2, 0) is 9.53 Å². The van der Waals surface area contributed by atoms with Crippen LogP contribution in [0, 0.1) is 0 Å². The molecule has 29 heavy (non-hydrogen) atoms. The molecule has 148 valence electrons. The second kappa shape index (κ2) is 9.55. The van der Waals surface area contributed by atoms with Crippen LogP contribution in [0.5, 0.6) is 5.75 Å². The van der Waals surface area contributed by atoms with Crippen molar-refractivity contribution >= 4 is 11.9 Å². The van der Waals surface area contributed by atoms with E-state index in [1.807, 2.05) is 37.3 Å². The Kier molecular flexibility index (Phi) is 6.63. The maximum absolute atomic E-state index is 12.2. The third-order valence-corrected chi connectivity index (χ3v) is 4.63. The molecule has 0 saturated heterocycles. The molecule has 0 aliphatic rings. The first kappa shape index (κ1) is 20.1. The van der Waals surface area contributed by atoms with Gasteiger partial charge in [-0.1, -0.05) is 61.5 Å². The first-order valence-electron chi connectivity index (χ1n) is 9.41. The van der Waals surface area contributed by atoms with Crippen LogP contribution in [0.15, 0.2) is 78.9 Å². The number of benzene rings is 3. The highest BCUT2D eigenvalue weighted by atomic mass is 16.5. The fourth-order valence-electron chi connectivity index (χ4n) is 2.88. The SMILES string of the molecule is C[C@H](CNC(=O)COC(=O)c1ccc(-c2ccc(O)cc2)cc1)c1ccccc1. The molecule has 1 amide bonds. The number of amides is 1. The predicted molar refractivity (Wildman–Crippen MR) is 112 cm³/mol. The molecule has 0 bridgehead atoms. The number of phenolic OH excluding ortho intramolecular Hbond substituents is 1. The van der Waals surface area contributed by atoms with Crippen molar-refractivity contribution in [2.45, 2.75) is 12.8 Å². The lowest BCUT2D eigenvalue weighted by Crippen LogP contribution is -2.31. The Morgan fingerprint density at radius 2 is 1.48 bits per heavy atom. The van der Waals surface area contributed by atoms with Crippen molar-refractivity contribution in [1.82, 2.24) is 5.32 Å². The predicted octanol–water partition coefficient (Wildman–Crippen LogP) is 4.14. The third-order valence-electron chi connectivity index (χ3n) is 4.63. The standard InChI is InChI=1S/C24H23NO4/c1-17(18-5-3-2-4-6-18)15-25-23(27)16-29-24(28)21-9-7-19(8-10-21)20-11-13-22(26)14-12-20/h2-14,17,26H,15-16H2,1H3,(H,25,27)/t17-/m1/s1. The highest BCUT2D eigenvalue weighted by Crippen LogP contribution is 2.22. The Morgan fingerprint density at radius 1 is 0.897 bits per heavy atom. The summed E-state index contributed by atoms with van der Waals surface area (Å²) in [5.74, 6) is -0.510. The van der Waals surface area contributed by atoms with Gasteiger partial charge in [0.2, 0.25) is 0 Å². The van der Waals surface area contributed by atoms with Gasteiger partial charge in [0.1, 0.15) is 5.75 Å². The van der Waals surface area contributed by atoms with Gasteiger partial charge < -0.3 is 15.2 Å². The number of rotatable bonds is 7. The summed E-state index contributed by atoms with van der Waals surface area (Å²) in [6.45, 7) is 2.18. The summed E-state index contributed by atoms with van der Waals surface area (Å²) in [6.07, 6.45) is 0. The van der Waals surface area contributed by atoms with Crippen molar-refractivity contribution < 1.29 is 19.4 Å². The van der Waals surface area contributed by atoms with Crippen molar-refractivity contribution in [2.24, 2.45) is 0 Å². The Bertz CT molecular complexity index is 950. The normalized spacial score (nSPS) is 11.5. The van der Waals surface area contributed by atoms with Crippen LogP contribution in [0.1, 0.15) is 28.8 Å². The molecular formula is C24H23NO4. The number of nitrogens with one attached hydrogen (secondary N) is 1. The molecule has 0 radical (unpaired) electrons. The number of carbonyl (C=O) groups is 2. The lowest BCUT2D eigenvalue weighted by molar-refractivity contribution is -0.124. The topological polar surface area (TPSA) is 75.6 Å². The van der Waals surface area contributed by atoms with Crippen LogP contribution < -0.4 is 5.32 Å². The minimum atomic E-state index is -0.548. The molecule has 0 spiro atoms. The second-order valence-electron chi connectivity index (χ2n) is 6.82. The van der Waals surface area contributed by atoms with Gasteiger partial charge >= 0.3 is 5.97 Å². The summed E-state index contributed by atoms with van der Waals surface area (Å²) >= 11 is 0. The molecule has 5 heteroatoms. The van der Waals surface area contributed by atoms with Gasteiger partial charge in [0.25, 0.3) is 5.91 Å². The van der Waals surface area contributed by atoms with Gasteiger partial charge in [-0.2, -0.15) is 0 Å². The van der Waals surface area contributed by atoms with E-state index in [-0.39, 0.29) is 24.2 Å². The summed E-state index contributed by atoms with van der Waals surface area (Å²) in [4.78, 5) is 24.1. The first-order valence-corrected chi connectivity index (χ1v) is 9.41. The number of phenols is 1. The molecule has 0 aliphatic heterocycles. The average molecular weight is 389 g/mol. The van der Waals surface area contributed by atoms with Crippen LogP contribution in [0.25, 0.3) is 11.1 Å². The molecule has 0 saturated carbocycles. The molecule has 2 N–H and O–H groups in total. The molecular weight excluding hydrogens is 366 g/mol. The van der Waals surface area contributed by atoms with Crippen molar-refractivity contribution in [1.29, 1.82) is 0 Å². The van der Waals surface area contributed by atoms with Crippen molar-refractivity contribution in [3.05, 3.63) is 90.0 Å². The minimum absolute atomic E-state index is 0.170. The molecule has 3 aromatic carbocycles. The fraction of sp³-hybridized carbons (Fsp3) is 0.167. The van der Waals surface area contributed by atoms with Crippen LogP contribution in [0.2, 0.25) is 0 Å². The van der Waals surface area contributed by atoms with E-state index in [2.05, 4.69) is 5.32 Å². The number of ether oxygens (including phenoxy) is 1. The van der Waals surface area contributed by atoms with E-state index >= 15 is 0 Å². The summed E-state index contributed by atoms with van der Waals surface area (Å²) in [6, 6.07) is 23.6. The Hall–Kier alpha value is -3.60. The van der Waals surface area contributed by atoms with E-state index in [9.17, 15) is 14.7 Å². The number of esters is 1. The number of hydrogen-bond donors (Lipinski definition) is 2. The zero-order chi connectivity index (χ0) is 20.6. The molecule has 0 unspecified atom stereocenters. The number of carbonyl (C=O) groups excluding carboxylic acids is 2.